The van der Waals surface area contributed by atoms with Crippen LogP contribution in [0.1, 0.15) is 38.0 Å². The Bertz CT molecular complexity index is 786. The Hall–Kier alpha value is -2.30. The van der Waals surface area contributed by atoms with Gasteiger partial charge in [0.15, 0.2) is 0 Å². The van der Waals surface area contributed by atoms with Gasteiger partial charge >= 0.3 is 0 Å². The van der Waals surface area contributed by atoms with Crippen molar-refractivity contribution in [1.82, 2.24) is 0 Å². The number of benzene rings is 2. The number of rotatable bonds is 8. The van der Waals surface area contributed by atoms with Gasteiger partial charge in [0.25, 0.3) is 0 Å². The van der Waals surface area contributed by atoms with Crippen LogP contribution in [0.4, 0.5) is 5.69 Å². The highest BCUT2D eigenvalue weighted by molar-refractivity contribution is 5.53. The second-order valence-corrected chi connectivity index (χ2v) is 7.56. The van der Waals surface area contributed by atoms with Crippen LogP contribution in [0.3, 0.4) is 0 Å². The predicted molar refractivity (Wildman–Crippen MR) is 114 cm³/mol. The highest BCUT2D eigenvalue weighted by Crippen LogP contribution is 2.44. The largest absolute Gasteiger partial charge is 0.485 e. The summed E-state index contributed by atoms with van der Waals surface area (Å²) in [6, 6.07) is 16.6. The molecule has 1 N–H and O–H groups in total. The maximum Gasteiger partial charge on any atom is 0.132 e. The van der Waals surface area contributed by atoms with E-state index >= 15 is 0 Å². The summed E-state index contributed by atoms with van der Waals surface area (Å²) in [7, 11) is 1.92. The molecular weight excluding hydrogens is 350 g/mol. The molecule has 0 saturated heterocycles. The topological polar surface area (TPSA) is 39.7 Å². The maximum atomic E-state index is 6.43. The summed E-state index contributed by atoms with van der Waals surface area (Å²) in [6.07, 6.45) is 4.47. The molecule has 0 aliphatic carbocycles. The van der Waals surface area contributed by atoms with Crippen molar-refractivity contribution in [2.45, 2.75) is 45.0 Å². The summed E-state index contributed by atoms with van der Waals surface area (Å²) in [6.45, 7) is 7.28. The second-order valence-electron chi connectivity index (χ2n) is 7.56. The fourth-order valence-electron chi connectivity index (χ4n) is 3.56. The Morgan fingerprint density at radius 1 is 1.11 bits per heavy atom. The van der Waals surface area contributed by atoms with Crippen molar-refractivity contribution >= 4 is 5.69 Å². The molecule has 4 nitrogen and oxygen atoms in total. The van der Waals surface area contributed by atoms with Crippen molar-refractivity contribution in [2.24, 2.45) is 0 Å². The quantitative estimate of drug-likeness (QED) is 0.641. The van der Waals surface area contributed by atoms with Crippen molar-refractivity contribution in [3.8, 4) is 5.75 Å². The summed E-state index contributed by atoms with van der Waals surface area (Å²) in [5.74, 6) is 0.861. The van der Waals surface area contributed by atoms with Gasteiger partial charge in [0.2, 0.25) is 0 Å². The Morgan fingerprint density at radius 2 is 1.89 bits per heavy atom. The van der Waals surface area contributed by atoms with E-state index in [0.717, 1.165) is 23.4 Å². The average molecular weight is 382 g/mol. The lowest BCUT2D eigenvalue weighted by atomic mass is 9.87. The van der Waals surface area contributed by atoms with Crippen LogP contribution in [0, 0.1) is 0 Å². The lowest BCUT2D eigenvalue weighted by molar-refractivity contribution is -0.157. The third kappa shape index (κ3) is 4.75. The standard InChI is InChI=1S/C24H31NO3/c1-5-6-15-27-23-22(26-16-14-18-10-8-7-9-11-18)20-17-19(25-4)12-13-21(20)28-24(23,2)3/h5-13,17,22-23,25H,14-16H2,1-4H3. The van der Waals surface area contributed by atoms with E-state index in [9.17, 15) is 0 Å². The van der Waals surface area contributed by atoms with Gasteiger partial charge in [0, 0.05) is 18.3 Å². The Morgan fingerprint density at radius 3 is 2.61 bits per heavy atom. The zero-order valence-electron chi connectivity index (χ0n) is 17.3. The van der Waals surface area contributed by atoms with Crippen LogP contribution in [0.5, 0.6) is 5.75 Å². The minimum atomic E-state index is -0.493. The zero-order valence-corrected chi connectivity index (χ0v) is 17.3. The van der Waals surface area contributed by atoms with Gasteiger partial charge in [-0.2, -0.15) is 0 Å². The third-order valence-corrected chi connectivity index (χ3v) is 5.08. The van der Waals surface area contributed by atoms with Crippen LogP contribution < -0.4 is 10.1 Å². The molecular formula is C24H31NO3. The van der Waals surface area contributed by atoms with Crippen LogP contribution >= 0.6 is 0 Å². The van der Waals surface area contributed by atoms with Crippen LogP contribution in [0.25, 0.3) is 0 Å². The van der Waals surface area contributed by atoms with Gasteiger partial charge in [0.1, 0.15) is 23.6 Å². The number of allylic oxidation sites excluding steroid dienone is 1. The molecule has 2 aromatic carbocycles. The predicted octanol–water partition coefficient (Wildman–Crippen LogP) is 5.16. The lowest BCUT2D eigenvalue weighted by Crippen LogP contribution is -2.51. The normalized spacial score (nSPS) is 20.6. The molecule has 4 heteroatoms. The summed E-state index contributed by atoms with van der Waals surface area (Å²) in [5.41, 5.74) is 2.84. The molecule has 2 atom stereocenters. The molecule has 0 bridgehead atoms. The van der Waals surface area contributed by atoms with E-state index < -0.39 is 5.60 Å². The minimum Gasteiger partial charge on any atom is -0.485 e. The summed E-state index contributed by atoms with van der Waals surface area (Å²) >= 11 is 0. The van der Waals surface area contributed by atoms with Crippen LogP contribution in [-0.2, 0) is 15.9 Å². The van der Waals surface area contributed by atoms with E-state index in [1.165, 1.54) is 5.56 Å². The first-order chi connectivity index (χ1) is 13.5. The van der Waals surface area contributed by atoms with E-state index in [-0.39, 0.29) is 12.2 Å². The van der Waals surface area contributed by atoms with Crippen LogP contribution in [0.15, 0.2) is 60.7 Å². The molecule has 0 fully saturated rings. The Balaban J connectivity index is 1.85. The number of nitrogens with one attached hydrogen (secondary N) is 1. The monoisotopic (exact) mass is 381 g/mol. The van der Waals surface area contributed by atoms with Crippen LogP contribution in [0.2, 0.25) is 0 Å². The molecule has 0 amide bonds. The number of fused-ring (bicyclic) bond motifs is 1. The van der Waals surface area contributed by atoms with Crippen molar-refractivity contribution < 1.29 is 14.2 Å². The SMILES string of the molecule is CC=CCOC1C(OCCc2ccccc2)c2cc(NC)ccc2OC1(C)C. The number of anilines is 1. The highest BCUT2D eigenvalue weighted by Gasteiger charge is 2.45. The number of hydrogen-bond acceptors (Lipinski definition) is 4. The summed E-state index contributed by atoms with van der Waals surface area (Å²) in [5, 5.41) is 3.20. The Labute approximate surface area is 168 Å². The second kappa shape index (κ2) is 9.26. The lowest BCUT2D eigenvalue weighted by Gasteiger charge is -2.44. The van der Waals surface area contributed by atoms with Crippen molar-refractivity contribution in [2.75, 3.05) is 25.6 Å². The minimum absolute atomic E-state index is 0.194. The van der Waals surface area contributed by atoms with E-state index in [4.69, 9.17) is 14.2 Å². The van der Waals surface area contributed by atoms with Crippen LogP contribution in [-0.4, -0.2) is 32.0 Å². The first kappa shape index (κ1) is 20.4. The molecule has 1 heterocycles. The van der Waals surface area contributed by atoms with E-state index in [2.05, 4.69) is 49.5 Å². The first-order valence-electron chi connectivity index (χ1n) is 9.94. The number of ether oxygens (including phenoxy) is 3. The fourth-order valence-corrected chi connectivity index (χ4v) is 3.56. The fraction of sp³-hybridized carbons (Fsp3) is 0.417. The molecule has 2 aromatic rings. The van der Waals surface area contributed by atoms with Gasteiger partial charge < -0.3 is 19.5 Å². The van der Waals surface area contributed by atoms with Gasteiger partial charge in [-0.15, -0.1) is 0 Å². The number of hydrogen-bond donors (Lipinski definition) is 1. The average Bonchev–Trinajstić information content (AvgIpc) is 2.70. The van der Waals surface area contributed by atoms with E-state index in [0.29, 0.717) is 13.2 Å². The Kier molecular flexibility index (Phi) is 6.76. The molecule has 28 heavy (non-hydrogen) atoms. The molecule has 1 aliphatic rings. The highest BCUT2D eigenvalue weighted by atomic mass is 16.6. The molecule has 0 saturated carbocycles. The van der Waals surface area contributed by atoms with Gasteiger partial charge in [-0.1, -0.05) is 42.5 Å². The van der Waals surface area contributed by atoms with Crippen molar-refractivity contribution in [3.63, 3.8) is 0 Å². The van der Waals surface area contributed by atoms with E-state index in [1.54, 1.807) is 0 Å². The van der Waals surface area contributed by atoms with Gasteiger partial charge in [-0.05, 0) is 51.0 Å². The first-order valence-corrected chi connectivity index (χ1v) is 9.94. The van der Waals surface area contributed by atoms with Crippen molar-refractivity contribution in [3.05, 3.63) is 71.8 Å². The summed E-state index contributed by atoms with van der Waals surface area (Å²) in [4.78, 5) is 0. The van der Waals surface area contributed by atoms with Gasteiger partial charge in [-0.25, -0.2) is 0 Å². The smallest absolute Gasteiger partial charge is 0.132 e. The molecule has 0 aromatic heterocycles. The zero-order chi connectivity index (χ0) is 20.0. The molecule has 3 rings (SSSR count). The molecule has 2 unspecified atom stereocenters. The van der Waals surface area contributed by atoms with Gasteiger partial charge in [0.05, 0.1) is 13.2 Å². The van der Waals surface area contributed by atoms with E-state index in [1.807, 2.05) is 44.3 Å². The third-order valence-electron chi connectivity index (χ3n) is 5.08. The van der Waals surface area contributed by atoms with Crippen molar-refractivity contribution in [1.29, 1.82) is 0 Å². The molecule has 0 spiro atoms. The molecule has 150 valence electrons. The molecule has 0 radical (unpaired) electrons. The molecule has 1 aliphatic heterocycles. The summed E-state index contributed by atoms with van der Waals surface area (Å²) < 4.78 is 19.0. The maximum absolute atomic E-state index is 6.43. The van der Waals surface area contributed by atoms with Gasteiger partial charge in [-0.3, -0.25) is 0 Å².